The predicted octanol–water partition coefficient (Wildman–Crippen LogP) is 3.76. The summed E-state index contributed by atoms with van der Waals surface area (Å²) in [5, 5.41) is 17.5. The standard InChI is InChI=1S/C25H26N4O4S/c30-23(28-14-19-11-17(16-34-19)13-27-22-7-3-4-10-26-22)15-29-21-6-2-1-5-20(21)18(12-25(32)33)8-9-24(29)31/h1-7,10-11,16,18H,8-9,12-15H2,(H,26,27)(H,28,30)(H,32,33). The first-order valence-corrected chi connectivity index (χ1v) is 12.0. The fraction of sp³-hybridized carbons (Fsp3) is 0.280. The Morgan fingerprint density at radius 3 is 2.76 bits per heavy atom. The first-order valence-electron chi connectivity index (χ1n) is 11.1. The van der Waals surface area contributed by atoms with Crippen LogP contribution in [0.5, 0.6) is 0 Å². The summed E-state index contributed by atoms with van der Waals surface area (Å²) in [4.78, 5) is 43.5. The van der Waals surface area contributed by atoms with E-state index in [1.807, 2.05) is 41.8 Å². The number of carbonyl (C=O) groups excluding carboxylic acids is 2. The monoisotopic (exact) mass is 478 g/mol. The fourth-order valence-corrected chi connectivity index (χ4v) is 4.88. The number of rotatable bonds is 9. The number of amides is 2. The van der Waals surface area contributed by atoms with E-state index in [1.165, 1.54) is 4.90 Å². The Morgan fingerprint density at radius 2 is 1.97 bits per heavy atom. The second kappa shape index (κ2) is 10.9. The predicted molar refractivity (Wildman–Crippen MR) is 131 cm³/mol. The van der Waals surface area contributed by atoms with Crippen molar-refractivity contribution in [3.8, 4) is 0 Å². The smallest absolute Gasteiger partial charge is 0.303 e. The number of carboxylic acids is 1. The van der Waals surface area contributed by atoms with Crippen molar-refractivity contribution in [2.45, 2.75) is 38.3 Å². The highest BCUT2D eigenvalue weighted by atomic mass is 32.1. The molecule has 1 atom stereocenters. The third-order valence-electron chi connectivity index (χ3n) is 5.70. The van der Waals surface area contributed by atoms with Crippen LogP contribution in [-0.2, 0) is 27.5 Å². The average Bonchev–Trinajstić information content (AvgIpc) is 3.26. The van der Waals surface area contributed by atoms with Crippen LogP contribution in [0.1, 0.15) is 41.2 Å². The molecule has 2 aromatic heterocycles. The zero-order chi connectivity index (χ0) is 23.9. The summed E-state index contributed by atoms with van der Waals surface area (Å²) in [7, 11) is 0. The first kappa shape index (κ1) is 23.4. The van der Waals surface area contributed by atoms with Crippen LogP contribution in [0.3, 0.4) is 0 Å². The summed E-state index contributed by atoms with van der Waals surface area (Å²) >= 11 is 1.56. The third-order valence-corrected chi connectivity index (χ3v) is 6.69. The number of para-hydroxylation sites is 1. The van der Waals surface area contributed by atoms with Gasteiger partial charge in [0.1, 0.15) is 12.4 Å². The molecule has 176 valence electrons. The topological polar surface area (TPSA) is 112 Å². The highest BCUT2D eigenvalue weighted by Crippen LogP contribution is 2.36. The summed E-state index contributed by atoms with van der Waals surface area (Å²) in [6, 6.07) is 15.0. The number of aromatic nitrogens is 1. The molecule has 1 aromatic carbocycles. The maximum absolute atomic E-state index is 12.8. The summed E-state index contributed by atoms with van der Waals surface area (Å²) in [5.41, 5.74) is 2.51. The molecule has 34 heavy (non-hydrogen) atoms. The lowest BCUT2D eigenvalue weighted by molar-refractivity contribution is -0.137. The molecule has 0 fully saturated rings. The molecular weight excluding hydrogens is 452 g/mol. The minimum atomic E-state index is -0.899. The lowest BCUT2D eigenvalue weighted by Gasteiger charge is -2.23. The van der Waals surface area contributed by atoms with Crippen molar-refractivity contribution in [2.24, 2.45) is 0 Å². The Labute approximate surface area is 201 Å². The number of pyridine rings is 1. The number of nitrogens with zero attached hydrogens (tertiary/aromatic N) is 2. The summed E-state index contributed by atoms with van der Waals surface area (Å²) in [6.45, 7) is 0.908. The molecule has 1 aliphatic heterocycles. The number of hydrogen-bond acceptors (Lipinski definition) is 6. The van der Waals surface area contributed by atoms with Gasteiger partial charge in [0.25, 0.3) is 0 Å². The molecule has 0 aliphatic carbocycles. The van der Waals surface area contributed by atoms with Gasteiger partial charge in [-0.2, -0.15) is 0 Å². The maximum Gasteiger partial charge on any atom is 0.303 e. The van der Waals surface area contributed by atoms with E-state index < -0.39 is 5.97 Å². The summed E-state index contributed by atoms with van der Waals surface area (Å²) in [5.74, 6) is -0.786. The van der Waals surface area contributed by atoms with Crippen LogP contribution in [-0.4, -0.2) is 34.4 Å². The number of carbonyl (C=O) groups is 3. The van der Waals surface area contributed by atoms with Crippen molar-refractivity contribution in [1.82, 2.24) is 10.3 Å². The second-order valence-electron chi connectivity index (χ2n) is 8.14. The Hall–Kier alpha value is -3.72. The maximum atomic E-state index is 12.8. The van der Waals surface area contributed by atoms with Gasteiger partial charge in [0.2, 0.25) is 11.8 Å². The highest BCUT2D eigenvalue weighted by Gasteiger charge is 2.30. The van der Waals surface area contributed by atoms with Crippen molar-refractivity contribution in [3.05, 3.63) is 76.1 Å². The van der Waals surface area contributed by atoms with Crippen LogP contribution in [0.4, 0.5) is 11.5 Å². The molecule has 0 saturated heterocycles. The molecule has 9 heteroatoms. The van der Waals surface area contributed by atoms with Crippen molar-refractivity contribution < 1.29 is 19.5 Å². The normalized spacial score (nSPS) is 15.4. The van der Waals surface area contributed by atoms with Crippen LogP contribution in [0.15, 0.2) is 60.1 Å². The van der Waals surface area contributed by atoms with Crippen molar-refractivity contribution in [1.29, 1.82) is 0 Å². The molecule has 0 bridgehead atoms. The number of fused-ring (bicyclic) bond motifs is 1. The summed E-state index contributed by atoms with van der Waals surface area (Å²) in [6.07, 6.45) is 2.35. The van der Waals surface area contributed by atoms with Gasteiger partial charge in [0.05, 0.1) is 13.0 Å². The second-order valence-corrected chi connectivity index (χ2v) is 9.13. The Morgan fingerprint density at radius 1 is 1.15 bits per heavy atom. The van der Waals surface area contributed by atoms with Gasteiger partial charge in [-0.05, 0) is 53.1 Å². The van der Waals surface area contributed by atoms with E-state index >= 15 is 0 Å². The SMILES string of the molecule is O=C(O)CC1CCC(=O)N(CC(=O)NCc2cc(CNc3ccccn3)cs2)c2ccccc21. The fourth-order valence-electron chi connectivity index (χ4n) is 4.05. The molecule has 0 spiro atoms. The zero-order valence-corrected chi connectivity index (χ0v) is 19.4. The lowest BCUT2D eigenvalue weighted by atomic mass is 9.91. The van der Waals surface area contributed by atoms with Gasteiger partial charge in [-0.1, -0.05) is 24.3 Å². The van der Waals surface area contributed by atoms with E-state index in [4.69, 9.17) is 0 Å². The van der Waals surface area contributed by atoms with Gasteiger partial charge in [0.15, 0.2) is 0 Å². The van der Waals surface area contributed by atoms with Gasteiger partial charge in [-0.15, -0.1) is 11.3 Å². The molecule has 4 rings (SSSR count). The van der Waals surface area contributed by atoms with Gasteiger partial charge < -0.3 is 20.6 Å². The van der Waals surface area contributed by atoms with E-state index in [0.29, 0.717) is 25.2 Å². The van der Waals surface area contributed by atoms with E-state index in [0.717, 1.165) is 21.8 Å². The number of aliphatic carboxylic acids is 1. The molecule has 1 aliphatic rings. The van der Waals surface area contributed by atoms with Crippen molar-refractivity contribution in [3.63, 3.8) is 0 Å². The first-order chi connectivity index (χ1) is 16.5. The highest BCUT2D eigenvalue weighted by molar-refractivity contribution is 7.10. The van der Waals surface area contributed by atoms with Gasteiger partial charge in [-0.3, -0.25) is 14.4 Å². The van der Waals surface area contributed by atoms with Gasteiger partial charge in [-0.25, -0.2) is 4.98 Å². The number of thiophene rings is 1. The minimum absolute atomic E-state index is 0.0414. The molecule has 3 N–H and O–H groups in total. The number of nitrogens with one attached hydrogen (secondary N) is 2. The number of hydrogen-bond donors (Lipinski definition) is 3. The number of carboxylic acid groups (broad SMARTS) is 1. The average molecular weight is 479 g/mol. The lowest BCUT2D eigenvalue weighted by Crippen LogP contribution is -2.40. The van der Waals surface area contributed by atoms with Gasteiger partial charge in [0, 0.05) is 29.7 Å². The summed E-state index contributed by atoms with van der Waals surface area (Å²) < 4.78 is 0. The quantitative estimate of drug-likeness (QED) is 0.432. The number of benzene rings is 1. The van der Waals surface area contributed by atoms with Gasteiger partial charge >= 0.3 is 5.97 Å². The van der Waals surface area contributed by atoms with Crippen LogP contribution in [0.25, 0.3) is 0 Å². The molecule has 8 nitrogen and oxygen atoms in total. The molecule has 2 amide bonds. The number of anilines is 2. The Bertz CT molecular complexity index is 1160. The Kier molecular flexibility index (Phi) is 7.54. The molecule has 3 heterocycles. The van der Waals surface area contributed by atoms with E-state index in [9.17, 15) is 19.5 Å². The molecular formula is C25H26N4O4S. The van der Waals surface area contributed by atoms with Crippen LogP contribution >= 0.6 is 11.3 Å². The van der Waals surface area contributed by atoms with Crippen LogP contribution in [0, 0.1) is 0 Å². The van der Waals surface area contributed by atoms with E-state index in [-0.39, 0.29) is 37.1 Å². The third kappa shape index (κ3) is 5.99. The van der Waals surface area contributed by atoms with Crippen LogP contribution < -0.4 is 15.5 Å². The van der Waals surface area contributed by atoms with E-state index in [2.05, 4.69) is 15.6 Å². The van der Waals surface area contributed by atoms with E-state index in [1.54, 1.807) is 29.7 Å². The zero-order valence-electron chi connectivity index (χ0n) is 18.6. The van der Waals surface area contributed by atoms with Crippen molar-refractivity contribution >= 4 is 40.6 Å². The Balaban J connectivity index is 1.35. The largest absolute Gasteiger partial charge is 0.481 e. The molecule has 3 aromatic rings. The minimum Gasteiger partial charge on any atom is -0.481 e. The molecule has 0 radical (unpaired) electrons. The molecule has 0 saturated carbocycles. The van der Waals surface area contributed by atoms with Crippen LogP contribution in [0.2, 0.25) is 0 Å². The molecule has 1 unspecified atom stereocenters. The van der Waals surface area contributed by atoms with Crippen molar-refractivity contribution in [2.75, 3.05) is 16.8 Å².